The van der Waals surface area contributed by atoms with Gasteiger partial charge in [-0.2, -0.15) is 5.26 Å². The van der Waals surface area contributed by atoms with Crippen LogP contribution in [0.1, 0.15) is 57.7 Å². The second-order valence-electron chi connectivity index (χ2n) is 8.08. The van der Waals surface area contributed by atoms with Gasteiger partial charge in [-0.15, -0.1) is 0 Å². The van der Waals surface area contributed by atoms with Crippen LogP contribution in [0.4, 0.5) is 10.6 Å². The normalized spacial score (nSPS) is 20.7. The van der Waals surface area contributed by atoms with Gasteiger partial charge in [0.25, 0.3) is 0 Å². The minimum atomic E-state index is -0.506. The van der Waals surface area contributed by atoms with Crippen molar-refractivity contribution in [2.75, 3.05) is 24.5 Å². The molecule has 1 atom stereocenters. The van der Waals surface area contributed by atoms with Crippen LogP contribution in [0, 0.1) is 11.3 Å². The van der Waals surface area contributed by atoms with Gasteiger partial charge in [-0.05, 0) is 62.5 Å². The van der Waals surface area contributed by atoms with Crippen LogP contribution >= 0.6 is 15.9 Å². The number of halogens is 1. The molecule has 1 aliphatic carbocycles. The Kier molecular flexibility index (Phi) is 5.16. The van der Waals surface area contributed by atoms with Crippen molar-refractivity contribution in [3.8, 4) is 6.07 Å². The van der Waals surface area contributed by atoms with Gasteiger partial charge in [0.2, 0.25) is 0 Å². The Morgan fingerprint density at radius 3 is 2.62 bits per heavy atom. The SMILES string of the molecule is C[C@@H]1CN(c2nc(C3CC3)c(Br)cc2C#N)CCN1C(=O)OC(C)(C)C. The number of rotatable bonds is 2. The van der Waals surface area contributed by atoms with E-state index in [0.717, 1.165) is 28.8 Å². The molecule has 1 amide bonds. The summed E-state index contributed by atoms with van der Waals surface area (Å²) >= 11 is 3.55. The van der Waals surface area contributed by atoms with Crippen molar-refractivity contribution in [3.05, 3.63) is 21.8 Å². The molecule has 1 saturated carbocycles. The fraction of sp³-hybridized carbons (Fsp3) is 0.632. The first-order chi connectivity index (χ1) is 12.2. The molecular weight excluding hydrogens is 396 g/mol. The minimum Gasteiger partial charge on any atom is -0.444 e. The first-order valence-corrected chi connectivity index (χ1v) is 9.84. The molecule has 3 rings (SSSR count). The number of hydrogen-bond donors (Lipinski definition) is 0. The van der Waals surface area contributed by atoms with E-state index in [-0.39, 0.29) is 12.1 Å². The Hall–Kier alpha value is -1.81. The number of pyridine rings is 1. The molecule has 140 valence electrons. The van der Waals surface area contributed by atoms with Crippen molar-refractivity contribution in [1.29, 1.82) is 5.26 Å². The number of carbonyl (C=O) groups excluding carboxylic acids is 1. The zero-order valence-electron chi connectivity index (χ0n) is 15.8. The molecule has 7 heteroatoms. The van der Waals surface area contributed by atoms with Crippen LogP contribution in [-0.4, -0.2) is 47.3 Å². The van der Waals surface area contributed by atoms with Crippen LogP contribution in [0.25, 0.3) is 0 Å². The van der Waals surface area contributed by atoms with Gasteiger partial charge in [-0.25, -0.2) is 9.78 Å². The van der Waals surface area contributed by atoms with E-state index in [9.17, 15) is 10.1 Å². The number of nitrogens with zero attached hydrogens (tertiary/aromatic N) is 4. The highest BCUT2D eigenvalue weighted by Gasteiger charge is 2.34. The van der Waals surface area contributed by atoms with Crippen LogP contribution in [0.2, 0.25) is 0 Å². The van der Waals surface area contributed by atoms with Crippen LogP contribution < -0.4 is 4.90 Å². The lowest BCUT2D eigenvalue weighted by Gasteiger charge is -2.41. The Labute approximate surface area is 163 Å². The number of nitriles is 1. The number of piperazine rings is 1. The van der Waals surface area contributed by atoms with Crippen molar-refractivity contribution in [2.24, 2.45) is 0 Å². The van der Waals surface area contributed by atoms with E-state index in [1.807, 2.05) is 33.8 Å². The molecule has 0 bridgehead atoms. The summed E-state index contributed by atoms with van der Waals surface area (Å²) in [6.45, 7) is 9.44. The number of anilines is 1. The van der Waals surface area contributed by atoms with Gasteiger partial charge in [-0.1, -0.05) is 0 Å². The summed E-state index contributed by atoms with van der Waals surface area (Å²) in [4.78, 5) is 21.1. The van der Waals surface area contributed by atoms with Crippen molar-refractivity contribution >= 4 is 27.8 Å². The summed E-state index contributed by atoms with van der Waals surface area (Å²) in [5.41, 5.74) is 1.11. The molecule has 6 nitrogen and oxygen atoms in total. The minimum absolute atomic E-state index is 0.0139. The third kappa shape index (κ3) is 4.12. The Bertz CT molecular complexity index is 749. The van der Waals surface area contributed by atoms with Gasteiger partial charge in [0.15, 0.2) is 0 Å². The smallest absolute Gasteiger partial charge is 0.410 e. The lowest BCUT2D eigenvalue weighted by Crippen LogP contribution is -2.55. The van der Waals surface area contributed by atoms with Gasteiger partial charge >= 0.3 is 6.09 Å². The first kappa shape index (κ1) is 19.0. The van der Waals surface area contributed by atoms with E-state index in [0.29, 0.717) is 31.1 Å². The Balaban J connectivity index is 1.78. The summed E-state index contributed by atoms with van der Waals surface area (Å²) in [5.74, 6) is 1.23. The molecule has 26 heavy (non-hydrogen) atoms. The average Bonchev–Trinajstić information content (AvgIpc) is 3.37. The molecule has 1 saturated heterocycles. The summed E-state index contributed by atoms with van der Waals surface area (Å²) in [6.07, 6.45) is 2.02. The van der Waals surface area contributed by atoms with Gasteiger partial charge in [0.05, 0.1) is 11.3 Å². The maximum atomic E-state index is 12.4. The lowest BCUT2D eigenvalue weighted by molar-refractivity contribution is 0.0158. The molecule has 2 fully saturated rings. The molecule has 1 aromatic rings. The third-order valence-corrected chi connectivity index (χ3v) is 5.26. The lowest BCUT2D eigenvalue weighted by atomic mass is 10.1. The highest BCUT2D eigenvalue weighted by Crippen LogP contribution is 2.43. The van der Waals surface area contributed by atoms with E-state index in [4.69, 9.17) is 9.72 Å². The van der Waals surface area contributed by atoms with Crippen LogP contribution in [-0.2, 0) is 4.74 Å². The zero-order valence-corrected chi connectivity index (χ0v) is 17.3. The van der Waals surface area contributed by atoms with Gasteiger partial charge in [-0.3, -0.25) is 0 Å². The largest absolute Gasteiger partial charge is 0.444 e. The summed E-state index contributed by atoms with van der Waals surface area (Å²) in [6, 6.07) is 4.12. The molecule has 0 N–H and O–H groups in total. The van der Waals surface area contributed by atoms with E-state index in [2.05, 4.69) is 26.9 Å². The van der Waals surface area contributed by atoms with Crippen molar-refractivity contribution in [1.82, 2.24) is 9.88 Å². The first-order valence-electron chi connectivity index (χ1n) is 9.04. The van der Waals surface area contributed by atoms with Crippen molar-refractivity contribution in [2.45, 2.75) is 58.1 Å². The predicted octanol–water partition coefficient (Wildman–Crippen LogP) is 4.04. The van der Waals surface area contributed by atoms with Crippen molar-refractivity contribution in [3.63, 3.8) is 0 Å². The second-order valence-corrected chi connectivity index (χ2v) is 8.94. The highest BCUT2D eigenvalue weighted by molar-refractivity contribution is 9.10. The number of aromatic nitrogens is 1. The maximum absolute atomic E-state index is 12.4. The second kappa shape index (κ2) is 7.07. The molecule has 1 aliphatic heterocycles. The van der Waals surface area contributed by atoms with Gasteiger partial charge in [0.1, 0.15) is 17.5 Å². The van der Waals surface area contributed by atoms with Crippen molar-refractivity contribution < 1.29 is 9.53 Å². The van der Waals surface area contributed by atoms with E-state index in [1.54, 1.807) is 4.90 Å². The number of ether oxygens (including phenoxy) is 1. The summed E-state index contributed by atoms with van der Waals surface area (Å²) < 4.78 is 6.42. The molecule has 1 aromatic heterocycles. The Morgan fingerprint density at radius 2 is 2.08 bits per heavy atom. The Morgan fingerprint density at radius 1 is 1.38 bits per heavy atom. The summed E-state index contributed by atoms with van der Waals surface area (Å²) in [5, 5.41) is 9.53. The van der Waals surface area contributed by atoms with E-state index in [1.165, 1.54) is 0 Å². The predicted molar refractivity (Wildman–Crippen MR) is 103 cm³/mol. The number of amides is 1. The third-order valence-electron chi connectivity index (χ3n) is 4.62. The standard InChI is InChI=1S/C19H25BrN4O2/c1-12-11-23(7-8-24(12)18(25)26-19(2,3)4)17-14(10-21)9-15(20)16(22-17)13-5-6-13/h9,12-13H,5-8,11H2,1-4H3/t12-/m1/s1. The molecule has 0 radical (unpaired) electrons. The molecule has 0 unspecified atom stereocenters. The zero-order chi connectivity index (χ0) is 19.1. The van der Waals surface area contributed by atoms with E-state index < -0.39 is 5.60 Å². The highest BCUT2D eigenvalue weighted by atomic mass is 79.9. The number of carbonyl (C=O) groups is 1. The molecule has 2 heterocycles. The molecule has 2 aliphatic rings. The van der Waals surface area contributed by atoms with Crippen LogP contribution in [0.5, 0.6) is 0 Å². The molecular formula is C19H25BrN4O2. The van der Waals surface area contributed by atoms with Crippen LogP contribution in [0.15, 0.2) is 10.5 Å². The summed E-state index contributed by atoms with van der Waals surface area (Å²) in [7, 11) is 0. The fourth-order valence-electron chi connectivity index (χ4n) is 3.20. The maximum Gasteiger partial charge on any atom is 0.410 e. The van der Waals surface area contributed by atoms with Gasteiger partial charge < -0.3 is 14.5 Å². The quantitative estimate of drug-likeness (QED) is 0.721. The van der Waals surface area contributed by atoms with E-state index >= 15 is 0 Å². The number of hydrogen-bond acceptors (Lipinski definition) is 5. The fourth-order valence-corrected chi connectivity index (χ4v) is 3.84. The topological polar surface area (TPSA) is 69.5 Å². The molecule has 0 aromatic carbocycles. The van der Waals surface area contributed by atoms with Crippen LogP contribution in [0.3, 0.4) is 0 Å². The average molecular weight is 421 g/mol. The van der Waals surface area contributed by atoms with Gasteiger partial charge in [0, 0.05) is 36.1 Å². The monoisotopic (exact) mass is 420 g/mol. The molecule has 0 spiro atoms.